The number of carboxylic acids is 1. The summed E-state index contributed by atoms with van der Waals surface area (Å²) < 4.78 is 12.5. The molecule has 2 heterocycles. The first kappa shape index (κ1) is 23.7. The Morgan fingerprint density at radius 1 is 1.12 bits per heavy atom. The van der Waals surface area contributed by atoms with E-state index in [1.165, 1.54) is 17.7 Å². The number of aromatic nitrogens is 3. The number of carbonyl (C=O) groups excluding carboxylic acids is 1. The second-order valence-electron chi connectivity index (χ2n) is 8.87. The molecule has 0 saturated heterocycles. The molecule has 0 fully saturated rings. The average molecular weight is 454 g/mol. The van der Waals surface area contributed by atoms with Gasteiger partial charge in [-0.2, -0.15) is 0 Å². The van der Waals surface area contributed by atoms with Gasteiger partial charge in [-0.1, -0.05) is 30.3 Å². The van der Waals surface area contributed by atoms with Gasteiger partial charge in [-0.15, -0.1) is 10.2 Å². The van der Waals surface area contributed by atoms with Crippen molar-refractivity contribution < 1.29 is 23.8 Å². The number of carboxylic acid groups (broad SMARTS) is 1. The van der Waals surface area contributed by atoms with Crippen LogP contribution in [0.4, 0.5) is 4.79 Å². The standard InChI is InChI=1S/C23H26N4O6/c1-22(2,3)33-21(31)24-23(4,13-14-9-7-6-8-10-14)20-26-25-18(32-20)16-11-15(19(29)30)12-17(28)27(16)5/h6-12H,13H2,1-5H3,(H,24,31)(H,29,30). The van der Waals surface area contributed by atoms with Crippen molar-refractivity contribution in [3.8, 4) is 11.6 Å². The Labute approximate surface area is 190 Å². The van der Waals surface area contributed by atoms with Crippen molar-refractivity contribution in [2.75, 3.05) is 0 Å². The van der Waals surface area contributed by atoms with Gasteiger partial charge in [-0.25, -0.2) is 9.59 Å². The van der Waals surface area contributed by atoms with Gasteiger partial charge in [0.25, 0.3) is 11.4 Å². The van der Waals surface area contributed by atoms with Crippen LogP contribution in [0, 0.1) is 0 Å². The molecular weight excluding hydrogens is 428 g/mol. The second kappa shape index (κ2) is 8.89. The van der Waals surface area contributed by atoms with Crippen molar-refractivity contribution in [3.63, 3.8) is 0 Å². The number of nitrogens with one attached hydrogen (secondary N) is 1. The number of ether oxygens (including phenoxy) is 1. The van der Waals surface area contributed by atoms with Gasteiger partial charge in [-0.3, -0.25) is 4.79 Å². The molecule has 2 aromatic heterocycles. The zero-order valence-electron chi connectivity index (χ0n) is 19.1. The van der Waals surface area contributed by atoms with E-state index in [2.05, 4.69) is 15.5 Å². The molecule has 0 aliphatic heterocycles. The number of aromatic carboxylic acids is 1. The maximum atomic E-state index is 12.6. The number of amides is 1. The highest BCUT2D eigenvalue weighted by Gasteiger charge is 2.37. The summed E-state index contributed by atoms with van der Waals surface area (Å²) in [5, 5.41) is 20.2. The van der Waals surface area contributed by atoms with Crippen molar-refractivity contribution in [3.05, 3.63) is 69.8 Å². The molecule has 3 aromatic rings. The predicted molar refractivity (Wildman–Crippen MR) is 119 cm³/mol. The third-order valence-corrected chi connectivity index (χ3v) is 4.80. The lowest BCUT2D eigenvalue weighted by Gasteiger charge is -2.29. The predicted octanol–water partition coefficient (Wildman–Crippen LogP) is 3.12. The molecule has 0 aliphatic carbocycles. The maximum Gasteiger partial charge on any atom is 0.408 e. The summed E-state index contributed by atoms with van der Waals surface area (Å²) in [6.07, 6.45) is -0.357. The van der Waals surface area contributed by atoms with Crippen molar-refractivity contribution in [1.82, 2.24) is 20.1 Å². The van der Waals surface area contributed by atoms with Crippen LogP contribution >= 0.6 is 0 Å². The Morgan fingerprint density at radius 3 is 2.39 bits per heavy atom. The van der Waals surface area contributed by atoms with Crippen molar-refractivity contribution in [2.24, 2.45) is 7.05 Å². The Kier molecular flexibility index (Phi) is 6.39. The van der Waals surface area contributed by atoms with E-state index >= 15 is 0 Å². The molecule has 1 amide bonds. The minimum atomic E-state index is -1.26. The number of rotatable bonds is 6. The van der Waals surface area contributed by atoms with Gasteiger partial charge in [0, 0.05) is 19.5 Å². The highest BCUT2D eigenvalue weighted by atomic mass is 16.6. The number of pyridine rings is 1. The molecule has 174 valence electrons. The molecule has 0 aliphatic rings. The topological polar surface area (TPSA) is 137 Å². The fraction of sp³-hybridized carbons (Fsp3) is 0.348. The second-order valence-corrected chi connectivity index (χ2v) is 8.87. The molecule has 33 heavy (non-hydrogen) atoms. The Bertz CT molecular complexity index is 1230. The largest absolute Gasteiger partial charge is 0.478 e. The van der Waals surface area contributed by atoms with Crippen LogP contribution < -0.4 is 10.9 Å². The number of alkyl carbamates (subject to hydrolysis) is 1. The number of carbonyl (C=O) groups is 2. The molecule has 10 nitrogen and oxygen atoms in total. The monoisotopic (exact) mass is 454 g/mol. The van der Waals surface area contributed by atoms with E-state index in [1.807, 2.05) is 30.3 Å². The van der Waals surface area contributed by atoms with Gasteiger partial charge in [0.2, 0.25) is 5.89 Å². The Hall–Kier alpha value is -3.95. The number of hydrogen-bond acceptors (Lipinski definition) is 7. The Morgan fingerprint density at radius 2 is 1.79 bits per heavy atom. The fourth-order valence-corrected chi connectivity index (χ4v) is 3.22. The van der Waals surface area contributed by atoms with Crippen molar-refractivity contribution in [1.29, 1.82) is 0 Å². The lowest BCUT2D eigenvalue weighted by molar-refractivity contribution is 0.0443. The van der Waals surface area contributed by atoms with Crippen LogP contribution in [0.1, 0.15) is 49.5 Å². The molecule has 10 heteroatoms. The summed E-state index contributed by atoms with van der Waals surface area (Å²) in [6, 6.07) is 11.7. The summed E-state index contributed by atoms with van der Waals surface area (Å²) in [4.78, 5) is 36.2. The molecule has 1 unspecified atom stereocenters. The van der Waals surface area contributed by atoms with E-state index in [4.69, 9.17) is 9.15 Å². The number of benzene rings is 1. The molecule has 1 aromatic carbocycles. The van der Waals surface area contributed by atoms with Crippen molar-refractivity contribution in [2.45, 2.75) is 45.3 Å². The quantitative estimate of drug-likeness (QED) is 0.580. The number of hydrogen-bond donors (Lipinski definition) is 2. The molecule has 2 N–H and O–H groups in total. The summed E-state index contributed by atoms with van der Waals surface area (Å²) in [5.74, 6) is -1.24. The minimum absolute atomic E-state index is 0.0574. The van der Waals surface area contributed by atoms with E-state index in [9.17, 15) is 19.5 Å². The third-order valence-electron chi connectivity index (χ3n) is 4.80. The fourth-order valence-electron chi connectivity index (χ4n) is 3.22. The van der Waals surface area contributed by atoms with E-state index in [1.54, 1.807) is 27.7 Å². The van der Waals surface area contributed by atoms with Crippen LogP contribution in [-0.2, 0) is 23.7 Å². The molecule has 3 rings (SSSR count). The van der Waals surface area contributed by atoms with Crippen LogP contribution in [0.25, 0.3) is 11.6 Å². The van der Waals surface area contributed by atoms with Gasteiger partial charge in [0.15, 0.2) is 0 Å². The molecule has 0 saturated carbocycles. The van der Waals surface area contributed by atoms with Crippen LogP contribution in [0.2, 0.25) is 0 Å². The smallest absolute Gasteiger partial charge is 0.408 e. The van der Waals surface area contributed by atoms with Gasteiger partial charge >= 0.3 is 12.1 Å². The first-order chi connectivity index (χ1) is 15.4. The molecule has 0 radical (unpaired) electrons. The third kappa shape index (κ3) is 5.65. The van der Waals surface area contributed by atoms with Gasteiger partial charge in [0.1, 0.15) is 16.8 Å². The summed E-state index contributed by atoms with van der Waals surface area (Å²) in [7, 11) is 1.47. The van der Waals surface area contributed by atoms with Gasteiger partial charge in [-0.05, 0) is 39.3 Å². The summed E-state index contributed by atoms with van der Waals surface area (Å²) >= 11 is 0. The van der Waals surface area contributed by atoms with E-state index in [0.29, 0.717) is 6.42 Å². The lowest BCUT2D eigenvalue weighted by atomic mass is 9.92. The van der Waals surface area contributed by atoms with Crippen molar-refractivity contribution >= 4 is 12.1 Å². The summed E-state index contributed by atoms with van der Waals surface area (Å²) in [5.41, 5.74) is -1.57. The van der Waals surface area contributed by atoms with E-state index in [-0.39, 0.29) is 23.0 Å². The minimum Gasteiger partial charge on any atom is -0.478 e. The maximum absolute atomic E-state index is 12.6. The Balaban J connectivity index is 2.03. The highest BCUT2D eigenvalue weighted by molar-refractivity contribution is 5.88. The number of nitrogens with zero attached hydrogens (tertiary/aromatic N) is 3. The van der Waals surface area contributed by atoms with E-state index < -0.39 is 28.8 Å². The highest BCUT2D eigenvalue weighted by Crippen LogP contribution is 2.28. The van der Waals surface area contributed by atoms with Crippen LogP contribution in [-0.4, -0.2) is 37.5 Å². The molecular formula is C23H26N4O6. The van der Waals surface area contributed by atoms with Crippen LogP contribution in [0.5, 0.6) is 0 Å². The lowest BCUT2D eigenvalue weighted by Crippen LogP contribution is -2.47. The zero-order chi connectivity index (χ0) is 24.4. The van der Waals surface area contributed by atoms with Gasteiger partial charge < -0.3 is 24.1 Å². The van der Waals surface area contributed by atoms with Crippen LogP contribution in [0.3, 0.4) is 0 Å². The molecule has 0 bridgehead atoms. The molecule has 0 spiro atoms. The van der Waals surface area contributed by atoms with Gasteiger partial charge in [0.05, 0.1) is 5.56 Å². The first-order valence-electron chi connectivity index (χ1n) is 10.2. The SMILES string of the molecule is Cn1c(-c2nnc(C(C)(Cc3ccccc3)NC(=O)OC(C)(C)C)o2)cc(C(=O)O)cc1=O. The zero-order valence-corrected chi connectivity index (χ0v) is 19.1. The van der Waals surface area contributed by atoms with Crippen LogP contribution in [0.15, 0.2) is 51.7 Å². The molecule has 1 atom stereocenters. The summed E-state index contributed by atoms with van der Waals surface area (Å²) in [6.45, 7) is 6.97. The van der Waals surface area contributed by atoms with E-state index in [0.717, 1.165) is 11.6 Å². The first-order valence-corrected chi connectivity index (χ1v) is 10.2. The normalized spacial score (nSPS) is 13.2. The average Bonchev–Trinajstić information content (AvgIpc) is 3.19.